The summed E-state index contributed by atoms with van der Waals surface area (Å²) in [5.41, 5.74) is 1.44. The molecule has 0 saturated heterocycles. The van der Waals surface area contributed by atoms with Gasteiger partial charge in [0, 0.05) is 22.9 Å². The van der Waals surface area contributed by atoms with Crippen LogP contribution in [0, 0.1) is 24.0 Å². The van der Waals surface area contributed by atoms with Gasteiger partial charge in [-0.15, -0.1) is 0 Å². The van der Waals surface area contributed by atoms with Crippen LogP contribution < -0.4 is 10.1 Å². The molecule has 0 aliphatic heterocycles. The van der Waals surface area contributed by atoms with Gasteiger partial charge in [-0.25, -0.2) is 4.98 Å². The number of carbonyl (C=O) groups excluding carboxylic acids is 1. The van der Waals surface area contributed by atoms with Crippen LogP contribution in [0.3, 0.4) is 0 Å². The van der Waals surface area contributed by atoms with Crippen molar-refractivity contribution in [3.63, 3.8) is 0 Å². The predicted molar refractivity (Wildman–Crippen MR) is 81.3 cm³/mol. The fourth-order valence-electron chi connectivity index (χ4n) is 1.98. The number of nitro benzene ring substituents is 1. The highest BCUT2D eigenvalue weighted by atomic mass is 16.6. The first-order valence-corrected chi connectivity index (χ1v) is 6.50. The van der Waals surface area contributed by atoms with E-state index in [1.54, 1.807) is 26.0 Å². The monoisotopic (exact) mass is 301 g/mol. The Morgan fingerprint density at radius 3 is 2.59 bits per heavy atom. The molecule has 2 rings (SSSR count). The van der Waals surface area contributed by atoms with Gasteiger partial charge in [-0.3, -0.25) is 14.9 Å². The number of methoxy groups -OCH3 is 1. The largest absolute Gasteiger partial charge is 0.493 e. The number of rotatable bonds is 4. The van der Waals surface area contributed by atoms with Crippen LogP contribution in [-0.4, -0.2) is 22.9 Å². The van der Waals surface area contributed by atoms with Crippen molar-refractivity contribution in [1.82, 2.24) is 4.98 Å². The summed E-state index contributed by atoms with van der Waals surface area (Å²) in [6, 6.07) is 7.66. The molecule has 0 radical (unpaired) electrons. The van der Waals surface area contributed by atoms with Crippen LogP contribution in [0.25, 0.3) is 0 Å². The van der Waals surface area contributed by atoms with Crippen LogP contribution in [0.2, 0.25) is 0 Å². The van der Waals surface area contributed by atoms with Crippen molar-refractivity contribution >= 4 is 17.4 Å². The van der Waals surface area contributed by atoms with Crippen LogP contribution >= 0.6 is 0 Å². The van der Waals surface area contributed by atoms with Crippen molar-refractivity contribution in [3.8, 4) is 5.75 Å². The van der Waals surface area contributed by atoms with E-state index in [9.17, 15) is 14.9 Å². The normalized spacial score (nSPS) is 10.1. The number of hydrogen-bond donors (Lipinski definition) is 1. The molecule has 1 aromatic carbocycles. The molecule has 0 atom stereocenters. The molecule has 2 aromatic rings. The standard InChI is InChI=1S/C15H15N3O4/c1-9-8-11(5-6-12(9)18(20)21)15(19)17-14-13(22-3)7-4-10(2)16-14/h4-8H,1-3H3,(H,16,17,19). The van der Waals surface area contributed by atoms with E-state index in [1.807, 2.05) is 0 Å². The molecular weight excluding hydrogens is 286 g/mol. The minimum atomic E-state index is -0.484. The first-order chi connectivity index (χ1) is 10.4. The third-order valence-corrected chi connectivity index (χ3v) is 3.10. The van der Waals surface area contributed by atoms with Crippen molar-refractivity contribution in [2.24, 2.45) is 0 Å². The fourth-order valence-corrected chi connectivity index (χ4v) is 1.98. The molecule has 1 N–H and O–H groups in total. The number of nitro groups is 1. The Kier molecular flexibility index (Phi) is 4.36. The van der Waals surface area contributed by atoms with Crippen LogP contribution in [0.1, 0.15) is 21.6 Å². The summed E-state index contributed by atoms with van der Waals surface area (Å²) in [4.78, 5) is 26.8. The van der Waals surface area contributed by atoms with Crippen LogP contribution in [0.15, 0.2) is 30.3 Å². The number of aromatic nitrogens is 1. The van der Waals surface area contributed by atoms with E-state index in [0.717, 1.165) is 5.69 Å². The van der Waals surface area contributed by atoms with Crippen molar-refractivity contribution < 1.29 is 14.5 Å². The van der Waals surface area contributed by atoms with E-state index < -0.39 is 10.8 Å². The van der Waals surface area contributed by atoms with Crippen LogP contribution in [0.5, 0.6) is 5.75 Å². The quantitative estimate of drug-likeness (QED) is 0.692. The lowest BCUT2D eigenvalue weighted by atomic mass is 10.1. The molecule has 0 bridgehead atoms. The summed E-state index contributed by atoms with van der Waals surface area (Å²) < 4.78 is 5.14. The van der Waals surface area contributed by atoms with E-state index >= 15 is 0 Å². The van der Waals surface area contributed by atoms with Gasteiger partial charge >= 0.3 is 0 Å². The van der Waals surface area contributed by atoms with Crippen molar-refractivity contribution in [2.45, 2.75) is 13.8 Å². The number of ether oxygens (including phenoxy) is 1. The SMILES string of the molecule is COc1ccc(C)nc1NC(=O)c1ccc([N+](=O)[O-])c(C)c1. The van der Waals surface area contributed by atoms with Crippen LogP contribution in [-0.2, 0) is 0 Å². The number of anilines is 1. The third-order valence-electron chi connectivity index (χ3n) is 3.10. The Morgan fingerprint density at radius 1 is 1.27 bits per heavy atom. The molecule has 22 heavy (non-hydrogen) atoms. The molecule has 0 aliphatic rings. The molecule has 0 aliphatic carbocycles. The van der Waals surface area contributed by atoms with Gasteiger partial charge in [-0.1, -0.05) is 0 Å². The average molecular weight is 301 g/mol. The lowest BCUT2D eigenvalue weighted by Gasteiger charge is -2.10. The van der Waals surface area contributed by atoms with Gasteiger partial charge in [0.05, 0.1) is 12.0 Å². The van der Waals surface area contributed by atoms with Crippen molar-refractivity contribution in [2.75, 3.05) is 12.4 Å². The van der Waals surface area contributed by atoms with E-state index in [0.29, 0.717) is 22.7 Å². The second kappa shape index (κ2) is 6.21. The summed E-state index contributed by atoms with van der Waals surface area (Å²) in [7, 11) is 1.48. The second-order valence-electron chi connectivity index (χ2n) is 4.72. The number of nitrogens with zero attached hydrogens (tertiary/aromatic N) is 2. The molecule has 0 spiro atoms. The van der Waals surface area contributed by atoms with E-state index in [1.165, 1.54) is 25.3 Å². The minimum absolute atomic E-state index is 0.0252. The first-order valence-electron chi connectivity index (χ1n) is 6.50. The van der Waals surface area contributed by atoms with Gasteiger partial charge < -0.3 is 10.1 Å². The van der Waals surface area contributed by atoms with Crippen LogP contribution in [0.4, 0.5) is 11.5 Å². The summed E-state index contributed by atoms with van der Waals surface area (Å²) in [6.07, 6.45) is 0. The lowest BCUT2D eigenvalue weighted by molar-refractivity contribution is -0.385. The maximum Gasteiger partial charge on any atom is 0.272 e. The molecule has 1 heterocycles. The van der Waals surface area contributed by atoms with Gasteiger partial charge in [0.15, 0.2) is 11.6 Å². The maximum absolute atomic E-state index is 12.3. The number of aryl methyl sites for hydroxylation is 2. The summed E-state index contributed by atoms with van der Waals surface area (Å²) >= 11 is 0. The van der Waals surface area contributed by atoms with E-state index in [2.05, 4.69) is 10.3 Å². The van der Waals surface area contributed by atoms with Crippen molar-refractivity contribution in [1.29, 1.82) is 0 Å². The lowest BCUT2D eigenvalue weighted by Crippen LogP contribution is -2.14. The van der Waals surface area contributed by atoms with E-state index in [-0.39, 0.29) is 5.69 Å². The Hall–Kier alpha value is -2.96. The molecule has 1 amide bonds. The molecular formula is C15H15N3O4. The third kappa shape index (κ3) is 3.20. The number of hydrogen-bond acceptors (Lipinski definition) is 5. The van der Waals surface area contributed by atoms with Gasteiger partial charge in [-0.2, -0.15) is 0 Å². The molecule has 1 aromatic heterocycles. The fraction of sp³-hybridized carbons (Fsp3) is 0.200. The molecule has 114 valence electrons. The zero-order chi connectivity index (χ0) is 16.3. The Labute approximate surface area is 127 Å². The van der Waals surface area contributed by atoms with E-state index in [4.69, 9.17) is 4.74 Å². The maximum atomic E-state index is 12.3. The Bertz CT molecular complexity index is 744. The smallest absolute Gasteiger partial charge is 0.272 e. The first kappa shape index (κ1) is 15.4. The summed E-state index contributed by atoms with van der Waals surface area (Å²) in [5.74, 6) is 0.343. The minimum Gasteiger partial charge on any atom is -0.493 e. The van der Waals surface area contributed by atoms with Crippen molar-refractivity contribution in [3.05, 3.63) is 57.3 Å². The summed E-state index contributed by atoms with van der Waals surface area (Å²) in [6.45, 7) is 3.38. The highest BCUT2D eigenvalue weighted by molar-refractivity contribution is 6.04. The molecule has 0 saturated carbocycles. The average Bonchev–Trinajstić information content (AvgIpc) is 2.47. The predicted octanol–water partition coefficient (Wildman–Crippen LogP) is 2.87. The van der Waals surface area contributed by atoms with Gasteiger partial charge in [-0.05, 0) is 38.1 Å². The zero-order valence-corrected chi connectivity index (χ0v) is 12.4. The van der Waals surface area contributed by atoms with Gasteiger partial charge in [0.25, 0.3) is 11.6 Å². The van der Waals surface area contributed by atoms with Gasteiger partial charge in [0.2, 0.25) is 0 Å². The second-order valence-corrected chi connectivity index (χ2v) is 4.72. The zero-order valence-electron chi connectivity index (χ0n) is 12.4. The number of pyridine rings is 1. The highest BCUT2D eigenvalue weighted by Gasteiger charge is 2.15. The van der Waals surface area contributed by atoms with Gasteiger partial charge in [0.1, 0.15) is 0 Å². The number of benzene rings is 1. The Morgan fingerprint density at radius 2 is 2.00 bits per heavy atom. The molecule has 0 fully saturated rings. The number of amides is 1. The number of carbonyl (C=O) groups is 1. The Balaban J connectivity index is 2.28. The topological polar surface area (TPSA) is 94.4 Å². The molecule has 7 heteroatoms. The molecule has 7 nitrogen and oxygen atoms in total. The highest BCUT2D eigenvalue weighted by Crippen LogP contribution is 2.23. The number of nitrogens with one attached hydrogen (secondary N) is 1. The summed E-state index contributed by atoms with van der Waals surface area (Å²) in [5, 5.41) is 13.4. The molecule has 0 unspecified atom stereocenters.